The van der Waals surface area contributed by atoms with Gasteiger partial charge in [0.25, 0.3) is 0 Å². The van der Waals surface area contributed by atoms with Crippen LogP contribution in [0.25, 0.3) is 11.1 Å². The van der Waals surface area contributed by atoms with Crippen molar-refractivity contribution in [2.24, 2.45) is 5.73 Å². The Labute approximate surface area is 461 Å². The van der Waals surface area contributed by atoms with E-state index in [2.05, 4.69) is 46.5 Å². The van der Waals surface area contributed by atoms with E-state index in [1.54, 1.807) is 30.3 Å². The largest absolute Gasteiger partial charge is 0.496 e. The molecule has 25 heteroatoms. The van der Waals surface area contributed by atoms with E-state index in [9.17, 15) is 38.0 Å². The van der Waals surface area contributed by atoms with Crippen LogP contribution in [0.1, 0.15) is 47.5 Å². The zero-order valence-electron chi connectivity index (χ0n) is 47.4. The average Bonchev–Trinajstić information content (AvgIpc) is 3.50. The van der Waals surface area contributed by atoms with Crippen molar-refractivity contribution in [3.63, 3.8) is 0 Å². The number of carbonyl (C=O) groups excluding carboxylic acids is 2. The first kappa shape index (κ1) is 64.2. The number of likely N-dealkylation sites (N-methyl/N-ethyl adjacent to an activating group) is 2. The zero-order valence-corrected chi connectivity index (χ0v) is 50.0. The van der Waals surface area contributed by atoms with E-state index in [0.29, 0.717) is 165 Å². The molecule has 1 aromatic carbocycles. The Hall–Kier alpha value is -4.66. The molecule has 7 N–H and O–H groups in total. The Morgan fingerprint density at radius 1 is 0.654 bits per heavy atom. The van der Waals surface area contributed by atoms with Crippen molar-refractivity contribution in [3.8, 4) is 28.4 Å². The number of rotatable bonds is 28. The number of amides is 2. The summed E-state index contributed by atoms with van der Waals surface area (Å²) < 4.78 is 58.3. The molecule has 2 amide bonds. The smallest absolute Gasteiger partial charge is 0.244 e. The van der Waals surface area contributed by atoms with Gasteiger partial charge in [-0.15, -0.1) is 0 Å². The lowest BCUT2D eigenvalue weighted by atomic mass is 10.0. The van der Waals surface area contributed by atoms with Crippen molar-refractivity contribution in [1.29, 1.82) is 0 Å². The molecule has 0 spiro atoms. The van der Waals surface area contributed by atoms with E-state index in [-0.39, 0.29) is 47.5 Å². The second-order valence-electron chi connectivity index (χ2n) is 21.5. The van der Waals surface area contributed by atoms with Gasteiger partial charge in [0.2, 0.25) is 33.9 Å². The molecule has 5 rings (SSSR count). The maximum atomic E-state index is 13.5. The van der Waals surface area contributed by atoms with Crippen molar-refractivity contribution in [2.75, 3.05) is 148 Å². The van der Waals surface area contributed by atoms with Crippen LogP contribution in [0.5, 0.6) is 17.2 Å². The van der Waals surface area contributed by atoms with Crippen LogP contribution in [0.4, 0.5) is 0 Å². The molecule has 1 aliphatic heterocycles. The van der Waals surface area contributed by atoms with E-state index in [1.165, 1.54) is 34.2 Å². The summed E-state index contributed by atoms with van der Waals surface area (Å²) in [6.45, 7) is 11.0. The van der Waals surface area contributed by atoms with E-state index in [4.69, 9.17) is 34.9 Å². The molecule has 4 heterocycles. The Morgan fingerprint density at radius 3 is 1.45 bits per heavy atom. The number of hydrogen-bond donors (Lipinski definition) is 6. The number of nitrogens with one attached hydrogen (secondary N) is 2. The third kappa shape index (κ3) is 21.4. The van der Waals surface area contributed by atoms with E-state index in [1.807, 2.05) is 37.2 Å². The number of nitrogens with two attached hydrogens (primary N) is 1. The van der Waals surface area contributed by atoms with Gasteiger partial charge in [-0.1, -0.05) is 0 Å². The van der Waals surface area contributed by atoms with Crippen LogP contribution < -0.4 is 46.9 Å². The predicted octanol–water partition coefficient (Wildman–Crippen LogP) is 2.05. The molecule has 432 valence electrons. The fourth-order valence-electron chi connectivity index (χ4n) is 8.67. The molecule has 78 heavy (non-hydrogen) atoms. The Kier molecular flexibility index (Phi) is 24.0. The first-order valence-corrected chi connectivity index (χ1v) is 32.6. The summed E-state index contributed by atoms with van der Waals surface area (Å²) >= 11 is 0. The number of carbonyl (C=O) groups is 2. The predicted molar refractivity (Wildman–Crippen MR) is 307 cm³/mol. The molecule has 1 saturated heterocycles. The number of methoxy groups -OCH3 is 2. The molecule has 3 unspecified atom stereocenters. The van der Waals surface area contributed by atoms with Gasteiger partial charge in [0.15, 0.2) is 0 Å². The number of pyridine rings is 3. The molecule has 3 aromatic heterocycles. The molecular weight excluding hydrogens is 1060 g/mol. The minimum absolute atomic E-state index is 0.000275. The van der Waals surface area contributed by atoms with Crippen LogP contribution in [0.2, 0.25) is 0 Å². The Balaban J connectivity index is 1.51. The fraction of sp³-hybridized carbons (Fsp3) is 0.566. The van der Waals surface area contributed by atoms with Gasteiger partial charge in [-0.2, -0.15) is 0 Å². The van der Waals surface area contributed by atoms with Gasteiger partial charge in [-0.3, -0.25) is 38.0 Å². The highest BCUT2D eigenvalue weighted by Crippen LogP contribution is 2.44. The SMILES string of the molecule is COc1cc(OCCCN)cc(OC)c1-c1cc(CN2CCN(Cc3cc(CCC(=O)NCCN(C)C)cc(P(C)(=O)O)n3)CCN(Cc3cc(CCC(=O)NCC[N+](C)(C)C)cc(P(C)(=O)O)n3)CC2)nc(P(C)(=O)O)c1. The van der Waals surface area contributed by atoms with Gasteiger partial charge in [-0.25, -0.2) is 15.0 Å². The summed E-state index contributed by atoms with van der Waals surface area (Å²) in [7, 11) is 1.50. The van der Waals surface area contributed by atoms with Crippen LogP contribution >= 0.6 is 22.1 Å². The molecule has 0 aliphatic carbocycles. The summed E-state index contributed by atoms with van der Waals surface area (Å²) in [6, 6.07) is 13.9. The molecule has 0 radical (unpaired) electrons. The molecule has 0 bridgehead atoms. The Bertz CT molecular complexity index is 2770. The summed E-state index contributed by atoms with van der Waals surface area (Å²) in [5.41, 5.74) is 9.96. The third-order valence-corrected chi connectivity index (χ3v) is 16.2. The standard InChI is InChI=1S/C53H84N11O11P3/c1-60(2)19-17-55-48(65)14-12-39-28-42(57-50(30-39)76(8,67)68)36-61-20-21-62(37-43-29-40(31-51(58-43)77(9,69)70)13-15-49(66)56-18-26-64(3,4)5)23-25-63(24-22-61)38-44-32-41(33-52(59-44)78(10,71)72)53-46(73-6)34-45(35-47(53)74-7)75-27-11-16-54/h28-35H,11-27,36-38,54H2,1-10H3,(H4-,55,56,65,66,67,68,69,70,71,72)/p+1. The lowest BCUT2D eigenvalue weighted by molar-refractivity contribution is -0.869. The monoisotopic (exact) mass is 1140 g/mol. The second kappa shape index (κ2) is 29.2. The van der Waals surface area contributed by atoms with Crippen molar-refractivity contribution in [1.82, 2.24) is 45.2 Å². The normalized spacial score (nSPS) is 16.5. The van der Waals surface area contributed by atoms with E-state index in [0.717, 1.165) is 6.54 Å². The minimum atomic E-state index is -3.92. The number of nitrogens with zero attached hydrogens (tertiary/aromatic N) is 8. The van der Waals surface area contributed by atoms with Gasteiger partial charge < -0.3 is 54.6 Å². The van der Waals surface area contributed by atoms with Crippen LogP contribution in [0, 0.1) is 0 Å². The van der Waals surface area contributed by atoms with Gasteiger partial charge in [0, 0.05) is 117 Å². The first-order valence-electron chi connectivity index (χ1n) is 26.3. The van der Waals surface area contributed by atoms with Crippen LogP contribution in [0.15, 0.2) is 48.5 Å². The third-order valence-electron chi connectivity index (χ3n) is 13.0. The second-order valence-corrected chi connectivity index (χ2v) is 28.2. The van der Waals surface area contributed by atoms with Gasteiger partial charge >= 0.3 is 0 Å². The van der Waals surface area contributed by atoms with E-state index < -0.39 is 22.1 Å². The maximum Gasteiger partial charge on any atom is 0.244 e. The highest BCUT2D eigenvalue weighted by molar-refractivity contribution is 7.65. The quantitative estimate of drug-likeness (QED) is 0.0270. The summed E-state index contributed by atoms with van der Waals surface area (Å²) in [4.78, 5) is 81.2. The van der Waals surface area contributed by atoms with Gasteiger partial charge in [0.1, 0.15) is 33.6 Å². The zero-order chi connectivity index (χ0) is 57.4. The lowest BCUT2D eigenvalue weighted by Crippen LogP contribution is -2.41. The lowest BCUT2D eigenvalue weighted by Gasteiger charge is -2.26. The highest BCUT2D eigenvalue weighted by Gasteiger charge is 2.27. The number of ether oxygens (including phenoxy) is 3. The fourth-order valence-corrected chi connectivity index (χ4v) is 10.8. The van der Waals surface area contributed by atoms with E-state index >= 15 is 0 Å². The molecule has 1 fully saturated rings. The number of aromatic nitrogens is 3. The highest BCUT2D eigenvalue weighted by atomic mass is 31.2. The number of quaternary nitrogens is 1. The van der Waals surface area contributed by atoms with Crippen LogP contribution in [-0.4, -0.2) is 214 Å². The average molecular weight is 1150 g/mol. The topological polar surface area (TPSA) is 275 Å². The van der Waals surface area contributed by atoms with Crippen molar-refractivity contribution >= 4 is 50.2 Å². The number of benzene rings is 1. The number of aryl methyl sites for hydroxylation is 2. The molecular formula is C53H85N11O11P3+. The molecule has 1 aliphatic rings. The van der Waals surface area contributed by atoms with Crippen molar-refractivity contribution in [2.45, 2.75) is 51.7 Å². The van der Waals surface area contributed by atoms with Crippen LogP contribution in [0.3, 0.4) is 0 Å². The minimum Gasteiger partial charge on any atom is -0.496 e. The van der Waals surface area contributed by atoms with Crippen molar-refractivity contribution in [3.05, 3.63) is 76.7 Å². The molecule has 22 nitrogen and oxygen atoms in total. The first-order chi connectivity index (χ1) is 36.6. The number of hydrogen-bond acceptors (Lipinski definition) is 16. The van der Waals surface area contributed by atoms with Gasteiger partial charge in [-0.05, 0) is 93.0 Å². The van der Waals surface area contributed by atoms with Gasteiger partial charge in [0.05, 0.1) is 77.7 Å². The summed E-state index contributed by atoms with van der Waals surface area (Å²) in [5.74, 6) is 1.10. The molecule has 3 atom stereocenters. The molecule has 0 saturated carbocycles. The summed E-state index contributed by atoms with van der Waals surface area (Å²) in [6.07, 6.45) is 1.69. The van der Waals surface area contributed by atoms with Crippen LogP contribution in [-0.2, 0) is 55.8 Å². The Morgan fingerprint density at radius 2 is 1.06 bits per heavy atom. The summed E-state index contributed by atoms with van der Waals surface area (Å²) in [5, 5.41) is 5.91. The van der Waals surface area contributed by atoms with Crippen molar-refractivity contribution < 1.29 is 56.7 Å². The molecule has 4 aromatic rings. The maximum absolute atomic E-state index is 13.5.